The van der Waals surface area contributed by atoms with Crippen LogP contribution in [0.1, 0.15) is 46.0 Å². The lowest BCUT2D eigenvalue weighted by Crippen LogP contribution is -2.27. The smallest absolute Gasteiger partial charge is 0.0602 e. The van der Waals surface area contributed by atoms with Gasteiger partial charge >= 0.3 is 0 Å². The zero-order chi connectivity index (χ0) is 12.5. The van der Waals surface area contributed by atoms with Crippen LogP contribution in [-0.2, 0) is 0 Å². The lowest BCUT2D eigenvalue weighted by molar-refractivity contribution is 0.216. The molecule has 1 N–H and O–H groups in total. The number of hydrogen-bond donors (Lipinski definition) is 1. The van der Waals surface area contributed by atoms with Crippen molar-refractivity contribution in [1.82, 2.24) is 4.90 Å². The van der Waals surface area contributed by atoms with Gasteiger partial charge in [0, 0.05) is 12.5 Å². The molecule has 0 heterocycles. The second-order valence-electron chi connectivity index (χ2n) is 5.04. The van der Waals surface area contributed by atoms with Gasteiger partial charge in [-0.2, -0.15) is 0 Å². The predicted octanol–water partition coefficient (Wildman–Crippen LogP) is 2.52. The Kier molecular flexibility index (Phi) is 7.32. The fourth-order valence-corrected chi connectivity index (χ4v) is 2.51. The molecular weight excluding hydrogens is 210 g/mol. The molecule has 1 saturated carbocycles. The molecule has 1 aliphatic carbocycles. The van der Waals surface area contributed by atoms with Crippen molar-refractivity contribution >= 4 is 0 Å². The van der Waals surface area contributed by atoms with Crippen LogP contribution >= 0.6 is 0 Å². The van der Waals surface area contributed by atoms with Crippen molar-refractivity contribution in [2.75, 3.05) is 26.2 Å². The number of hydrogen-bond acceptors (Lipinski definition) is 2. The first-order valence-electron chi connectivity index (χ1n) is 7.11. The Morgan fingerprint density at radius 1 is 1.18 bits per heavy atom. The Bertz CT molecular complexity index is 245. The van der Waals surface area contributed by atoms with Crippen LogP contribution in [0.25, 0.3) is 0 Å². The van der Waals surface area contributed by atoms with Gasteiger partial charge in [0.1, 0.15) is 0 Å². The zero-order valence-electron chi connectivity index (χ0n) is 11.4. The molecule has 1 fully saturated rings. The van der Waals surface area contributed by atoms with Crippen LogP contribution in [0.4, 0.5) is 0 Å². The van der Waals surface area contributed by atoms with Crippen molar-refractivity contribution in [3.05, 3.63) is 0 Å². The summed E-state index contributed by atoms with van der Waals surface area (Å²) >= 11 is 0. The average molecular weight is 237 g/mol. The van der Waals surface area contributed by atoms with Gasteiger partial charge in [0.2, 0.25) is 0 Å². The lowest BCUT2D eigenvalue weighted by Gasteiger charge is -2.24. The standard InChI is InChI=1S/C15H27NO/c1-3-14-7-9-15(10-8-14)6-5-11-16(4-2)12-13-17/h14-15,17H,3-4,7-13H2,1-2H3. The Hall–Kier alpha value is -0.520. The van der Waals surface area contributed by atoms with Crippen molar-refractivity contribution in [2.24, 2.45) is 11.8 Å². The summed E-state index contributed by atoms with van der Waals surface area (Å²) in [7, 11) is 0. The predicted molar refractivity (Wildman–Crippen MR) is 72.7 cm³/mol. The molecule has 0 aromatic heterocycles. The third-order valence-electron chi connectivity index (χ3n) is 3.90. The maximum absolute atomic E-state index is 8.88. The monoisotopic (exact) mass is 237 g/mol. The first kappa shape index (κ1) is 14.5. The molecule has 17 heavy (non-hydrogen) atoms. The number of nitrogens with zero attached hydrogens (tertiary/aromatic N) is 1. The Morgan fingerprint density at radius 2 is 1.88 bits per heavy atom. The second-order valence-corrected chi connectivity index (χ2v) is 5.04. The Labute approximate surface area is 106 Å². The summed E-state index contributed by atoms with van der Waals surface area (Å²) in [5, 5.41) is 8.88. The van der Waals surface area contributed by atoms with Gasteiger partial charge in [-0.3, -0.25) is 4.90 Å². The Morgan fingerprint density at radius 3 is 2.41 bits per heavy atom. The van der Waals surface area contributed by atoms with Gasteiger partial charge in [-0.05, 0) is 38.1 Å². The normalized spacial score (nSPS) is 24.5. The topological polar surface area (TPSA) is 23.5 Å². The van der Waals surface area contributed by atoms with E-state index >= 15 is 0 Å². The van der Waals surface area contributed by atoms with Gasteiger partial charge in [-0.1, -0.05) is 32.1 Å². The summed E-state index contributed by atoms with van der Waals surface area (Å²) < 4.78 is 0. The van der Waals surface area contributed by atoms with E-state index in [-0.39, 0.29) is 6.61 Å². The first-order valence-corrected chi connectivity index (χ1v) is 7.11. The molecule has 0 atom stereocenters. The van der Waals surface area contributed by atoms with Gasteiger partial charge < -0.3 is 5.11 Å². The van der Waals surface area contributed by atoms with Gasteiger partial charge in [-0.15, -0.1) is 0 Å². The summed E-state index contributed by atoms with van der Waals surface area (Å²) in [5.74, 6) is 8.29. The second kappa shape index (κ2) is 8.55. The van der Waals surface area contributed by atoms with E-state index in [1.54, 1.807) is 0 Å². The molecule has 0 aliphatic heterocycles. The van der Waals surface area contributed by atoms with Crippen molar-refractivity contribution < 1.29 is 5.11 Å². The zero-order valence-corrected chi connectivity index (χ0v) is 11.4. The molecule has 2 nitrogen and oxygen atoms in total. The SMILES string of the molecule is CCC1CCC(C#CCN(CC)CCO)CC1. The van der Waals surface area contributed by atoms with E-state index in [9.17, 15) is 0 Å². The van der Waals surface area contributed by atoms with E-state index in [2.05, 4.69) is 30.6 Å². The van der Waals surface area contributed by atoms with E-state index in [0.29, 0.717) is 5.92 Å². The van der Waals surface area contributed by atoms with E-state index in [0.717, 1.165) is 25.6 Å². The molecule has 1 aliphatic rings. The lowest BCUT2D eigenvalue weighted by atomic mass is 9.81. The van der Waals surface area contributed by atoms with Crippen LogP contribution in [0.3, 0.4) is 0 Å². The molecule has 0 saturated heterocycles. The van der Waals surface area contributed by atoms with Gasteiger partial charge in [-0.25, -0.2) is 0 Å². The highest BCUT2D eigenvalue weighted by Crippen LogP contribution is 2.29. The molecule has 0 spiro atoms. The van der Waals surface area contributed by atoms with E-state index in [1.807, 2.05) is 0 Å². The van der Waals surface area contributed by atoms with Crippen LogP contribution in [0, 0.1) is 23.7 Å². The largest absolute Gasteiger partial charge is 0.395 e. The summed E-state index contributed by atoms with van der Waals surface area (Å²) in [5.41, 5.74) is 0. The van der Waals surface area contributed by atoms with Crippen molar-refractivity contribution in [3.8, 4) is 11.8 Å². The van der Waals surface area contributed by atoms with Gasteiger partial charge in [0.25, 0.3) is 0 Å². The number of aliphatic hydroxyl groups is 1. The van der Waals surface area contributed by atoms with Crippen LogP contribution in [-0.4, -0.2) is 36.2 Å². The number of likely N-dealkylation sites (N-methyl/N-ethyl adjacent to an activating group) is 1. The summed E-state index contributed by atoms with van der Waals surface area (Å²) in [4.78, 5) is 2.19. The van der Waals surface area contributed by atoms with E-state index in [4.69, 9.17) is 5.11 Å². The minimum atomic E-state index is 0.233. The number of rotatable bonds is 5. The highest BCUT2D eigenvalue weighted by Gasteiger charge is 2.17. The highest BCUT2D eigenvalue weighted by molar-refractivity contribution is 5.06. The molecule has 98 valence electrons. The molecular formula is C15H27NO. The summed E-state index contributed by atoms with van der Waals surface area (Å²) in [6.45, 7) is 7.17. The maximum atomic E-state index is 8.88. The molecule has 0 aromatic rings. The molecule has 2 heteroatoms. The minimum Gasteiger partial charge on any atom is -0.395 e. The van der Waals surface area contributed by atoms with Crippen molar-refractivity contribution in [3.63, 3.8) is 0 Å². The van der Waals surface area contributed by atoms with Crippen LogP contribution in [0.15, 0.2) is 0 Å². The fourth-order valence-electron chi connectivity index (χ4n) is 2.51. The van der Waals surface area contributed by atoms with Crippen molar-refractivity contribution in [1.29, 1.82) is 0 Å². The molecule has 1 rings (SSSR count). The molecule has 0 amide bonds. The number of aliphatic hydroxyl groups excluding tert-OH is 1. The van der Waals surface area contributed by atoms with Crippen LogP contribution in [0.5, 0.6) is 0 Å². The maximum Gasteiger partial charge on any atom is 0.0602 e. The molecule has 0 unspecified atom stereocenters. The van der Waals surface area contributed by atoms with Crippen LogP contribution < -0.4 is 0 Å². The fraction of sp³-hybridized carbons (Fsp3) is 0.867. The van der Waals surface area contributed by atoms with Gasteiger partial charge in [0.15, 0.2) is 0 Å². The highest BCUT2D eigenvalue weighted by atomic mass is 16.3. The summed E-state index contributed by atoms with van der Waals surface area (Å²) in [6.07, 6.45) is 6.64. The van der Waals surface area contributed by atoms with E-state index in [1.165, 1.54) is 32.1 Å². The summed E-state index contributed by atoms with van der Waals surface area (Å²) in [6, 6.07) is 0. The quantitative estimate of drug-likeness (QED) is 0.743. The van der Waals surface area contributed by atoms with E-state index < -0.39 is 0 Å². The molecule has 0 radical (unpaired) electrons. The molecule has 0 bridgehead atoms. The minimum absolute atomic E-state index is 0.233. The average Bonchev–Trinajstić information content (AvgIpc) is 2.38. The molecule has 0 aromatic carbocycles. The van der Waals surface area contributed by atoms with Crippen molar-refractivity contribution in [2.45, 2.75) is 46.0 Å². The first-order chi connectivity index (χ1) is 8.30. The Balaban J connectivity index is 2.25. The third kappa shape index (κ3) is 5.57. The van der Waals surface area contributed by atoms with Crippen LogP contribution in [0.2, 0.25) is 0 Å². The third-order valence-corrected chi connectivity index (χ3v) is 3.90. The van der Waals surface area contributed by atoms with Gasteiger partial charge in [0.05, 0.1) is 13.2 Å².